The standard InChI is InChI=1S/C24H33N3O3.HI/c1-3-29-20-10-11-23(30-4-2)22(17-20)27-24(25)26-21(19-8-6-5-7-9-19)16-18-12-14-28-15-13-18;/h5-11,17-18,21H,3-4,12-16H2,1-2H3,(H3,25,26,27);1H. The second-order valence-corrected chi connectivity index (χ2v) is 7.38. The van der Waals surface area contributed by atoms with Crippen molar-refractivity contribution in [2.45, 2.75) is 39.2 Å². The van der Waals surface area contributed by atoms with Crippen molar-refractivity contribution in [3.05, 3.63) is 54.1 Å². The lowest BCUT2D eigenvalue weighted by atomic mass is 9.90. The Bertz CT molecular complexity index is 811. The molecule has 1 aliphatic heterocycles. The van der Waals surface area contributed by atoms with Crippen LogP contribution in [0.3, 0.4) is 0 Å². The summed E-state index contributed by atoms with van der Waals surface area (Å²) >= 11 is 0. The van der Waals surface area contributed by atoms with E-state index >= 15 is 0 Å². The number of nitrogens with zero attached hydrogens (tertiary/aromatic N) is 1. The van der Waals surface area contributed by atoms with Crippen LogP contribution in [0.1, 0.15) is 44.7 Å². The van der Waals surface area contributed by atoms with Crippen LogP contribution in [-0.4, -0.2) is 32.4 Å². The molecule has 0 saturated carbocycles. The Morgan fingerprint density at radius 3 is 2.48 bits per heavy atom. The molecular weight excluding hydrogens is 505 g/mol. The van der Waals surface area contributed by atoms with E-state index in [0.717, 1.165) is 49.7 Å². The molecule has 3 N–H and O–H groups in total. The van der Waals surface area contributed by atoms with Gasteiger partial charge in [-0.05, 0) is 56.7 Å². The van der Waals surface area contributed by atoms with E-state index in [4.69, 9.17) is 24.9 Å². The predicted molar refractivity (Wildman–Crippen MR) is 137 cm³/mol. The summed E-state index contributed by atoms with van der Waals surface area (Å²) in [6, 6.07) is 16.0. The first-order valence-electron chi connectivity index (χ1n) is 10.8. The van der Waals surface area contributed by atoms with Crippen molar-refractivity contribution in [1.82, 2.24) is 0 Å². The Labute approximate surface area is 202 Å². The number of hydrogen-bond acceptors (Lipinski definition) is 4. The maximum absolute atomic E-state index is 6.36. The highest BCUT2D eigenvalue weighted by molar-refractivity contribution is 14.0. The summed E-state index contributed by atoms with van der Waals surface area (Å²) in [6.45, 7) is 6.72. The Morgan fingerprint density at radius 1 is 1.10 bits per heavy atom. The Balaban J connectivity index is 0.00000341. The molecule has 6 nitrogen and oxygen atoms in total. The van der Waals surface area contributed by atoms with Crippen molar-refractivity contribution in [2.24, 2.45) is 16.6 Å². The maximum Gasteiger partial charge on any atom is 0.193 e. The summed E-state index contributed by atoms with van der Waals surface area (Å²) in [4.78, 5) is 4.86. The molecule has 2 aromatic rings. The van der Waals surface area contributed by atoms with E-state index in [1.165, 1.54) is 5.56 Å². The molecule has 1 aliphatic rings. The van der Waals surface area contributed by atoms with Crippen molar-refractivity contribution in [3.8, 4) is 11.5 Å². The number of halogens is 1. The second kappa shape index (κ2) is 13.4. The highest BCUT2D eigenvalue weighted by Gasteiger charge is 2.21. The molecule has 2 aromatic carbocycles. The molecule has 0 amide bonds. The fourth-order valence-corrected chi connectivity index (χ4v) is 3.72. The normalized spacial score (nSPS) is 15.6. The number of aliphatic imine (C=N–C) groups is 1. The number of anilines is 1. The second-order valence-electron chi connectivity index (χ2n) is 7.38. The van der Waals surface area contributed by atoms with Crippen molar-refractivity contribution in [3.63, 3.8) is 0 Å². The SMILES string of the molecule is CCOc1ccc(OCC)c(NC(N)=NC(CC2CCOCC2)c2ccccc2)c1.I. The molecule has 0 radical (unpaired) electrons. The lowest BCUT2D eigenvalue weighted by Gasteiger charge is -2.25. The molecule has 1 heterocycles. The van der Waals surface area contributed by atoms with Gasteiger partial charge in [-0.2, -0.15) is 0 Å². The molecule has 1 fully saturated rings. The van der Waals surface area contributed by atoms with E-state index in [1.54, 1.807) is 0 Å². The minimum Gasteiger partial charge on any atom is -0.494 e. The van der Waals surface area contributed by atoms with Crippen molar-refractivity contribution in [2.75, 3.05) is 31.7 Å². The van der Waals surface area contributed by atoms with Gasteiger partial charge in [-0.3, -0.25) is 0 Å². The molecule has 170 valence electrons. The molecule has 3 rings (SSSR count). The van der Waals surface area contributed by atoms with Crippen LogP contribution < -0.4 is 20.5 Å². The topological polar surface area (TPSA) is 78.1 Å². The van der Waals surface area contributed by atoms with Gasteiger partial charge in [0.05, 0.1) is 24.9 Å². The van der Waals surface area contributed by atoms with Crippen molar-refractivity contribution in [1.29, 1.82) is 0 Å². The van der Waals surface area contributed by atoms with Crippen LogP contribution >= 0.6 is 24.0 Å². The third-order valence-electron chi connectivity index (χ3n) is 5.20. The quantitative estimate of drug-likeness (QED) is 0.254. The van der Waals surface area contributed by atoms with Gasteiger partial charge in [-0.15, -0.1) is 24.0 Å². The Kier molecular flexibility index (Phi) is 10.9. The first-order chi connectivity index (χ1) is 14.7. The molecular formula is C24H34IN3O3. The first kappa shape index (κ1) is 25.3. The molecule has 1 saturated heterocycles. The minimum absolute atomic E-state index is 0. The maximum atomic E-state index is 6.36. The van der Waals surface area contributed by atoms with Crippen LogP contribution in [0.4, 0.5) is 5.69 Å². The molecule has 1 unspecified atom stereocenters. The van der Waals surface area contributed by atoms with Crippen molar-refractivity contribution >= 4 is 35.6 Å². The van der Waals surface area contributed by atoms with E-state index < -0.39 is 0 Å². The number of nitrogens with two attached hydrogens (primary N) is 1. The molecule has 1 atom stereocenters. The zero-order chi connectivity index (χ0) is 21.2. The average molecular weight is 539 g/mol. The number of hydrogen-bond donors (Lipinski definition) is 2. The monoisotopic (exact) mass is 539 g/mol. The van der Waals surface area contributed by atoms with Gasteiger partial charge < -0.3 is 25.3 Å². The van der Waals surface area contributed by atoms with Gasteiger partial charge in [0.2, 0.25) is 0 Å². The van der Waals surface area contributed by atoms with E-state index in [9.17, 15) is 0 Å². The van der Waals surface area contributed by atoms with Crippen LogP contribution in [0.25, 0.3) is 0 Å². The van der Waals surface area contributed by atoms with Crippen LogP contribution in [0.5, 0.6) is 11.5 Å². The van der Waals surface area contributed by atoms with Gasteiger partial charge in [-0.1, -0.05) is 30.3 Å². The molecule has 0 aliphatic carbocycles. The smallest absolute Gasteiger partial charge is 0.193 e. The summed E-state index contributed by atoms with van der Waals surface area (Å²) in [7, 11) is 0. The summed E-state index contributed by atoms with van der Waals surface area (Å²) in [5.74, 6) is 2.43. The molecule has 31 heavy (non-hydrogen) atoms. The van der Waals surface area contributed by atoms with Gasteiger partial charge in [-0.25, -0.2) is 4.99 Å². The number of ether oxygens (including phenoxy) is 3. The van der Waals surface area contributed by atoms with E-state index in [1.807, 2.05) is 50.2 Å². The summed E-state index contributed by atoms with van der Waals surface area (Å²) in [5, 5.41) is 3.23. The Hall–Kier alpha value is -2.00. The van der Waals surface area contributed by atoms with Gasteiger partial charge >= 0.3 is 0 Å². The van der Waals surface area contributed by atoms with E-state index in [0.29, 0.717) is 25.1 Å². The number of rotatable bonds is 9. The molecule has 7 heteroatoms. The minimum atomic E-state index is -0.00702. The fourth-order valence-electron chi connectivity index (χ4n) is 3.72. The zero-order valence-electron chi connectivity index (χ0n) is 18.4. The fraction of sp³-hybridized carbons (Fsp3) is 0.458. The van der Waals surface area contributed by atoms with Crippen LogP contribution in [0.2, 0.25) is 0 Å². The zero-order valence-corrected chi connectivity index (χ0v) is 20.7. The van der Waals surface area contributed by atoms with E-state index in [-0.39, 0.29) is 30.0 Å². The van der Waals surface area contributed by atoms with Crippen LogP contribution in [0.15, 0.2) is 53.5 Å². The average Bonchev–Trinajstić information content (AvgIpc) is 2.77. The lowest BCUT2D eigenvalue weighted by Crippen LogP contribution is -2.25. The van der Waals surface area contributed by atoms with Gasteiger partial charge in [0.25, 0.3) is 0 Å². The van der Waals surface area contributed by atoms with Crippen molar-refractivity contribution < 1.29 is 14.2 Å². The summed E-state index contributed by atoms with van der Waals surface area (Å²) in [6.07, 6.45) is 3.08. The lowest BCUT2D eigenvalue weighted by molar-refractivity contribution is 0.0619. The van der Waals surface area contributed by atoms with E-state index in [2.05, 4.69) is 17.4 Å². The third-order valence-corrected chi connectivity index (χ3v) is 5.20. The Morgan fingerprint density at radius 2 is 1.81 bits per heavy atom. The summed E-state index contributed by atoms with van der Waals surface area (Å²) in [5.41, 5.74) is 8.28. The highest BCUT2D eigenvalue weighted by atomic mass is 127. The van der Waals surface area contributed by atoms with Crippen LogP contribution in [0, 0.1) is 5.92 Å². The molecule has 0 spiro atoms. The van der Waals surface area contributed by atoms with Gasteiger partial charge in [0, 0.05) is 19.3 Å². The highest BCUT2D eigenvalue weighted by Crippen LogP contribution is 2.32. The van der Waals surface area contributed by atoms with Crippen LogP contribution in [-0.2, 0) is 4.74 Å². The first-order valence-corrected chi connectivity index (χ1v) is 10.8. The molecule has 0 aromatic heterocycles. The third kappa shape index (κ3) is 7.88. The van der Waals surface area contributed by atoms with Gasteiger partial charge in [0.15, 0.2) is 5.96 Å². The van der Waals surface area contributed by atoms with Gasteiger partial charge in [0.1, 0.15) is 11.5 Å². The number of guanidine groups is 1. The number of benzene rings is 2. The summed E-state index contributed by atoms with van der Waals surface area (Å²) < 4.78 is 16.9. The molecule has 0 bridgehead atoms. The number of nitrogens with one attached hydrogen (secondary N) is 1. The predicted octanol–water partition coefficient (Wildman–Crippen LogP) is 5.39. The largest absolute Gasteiger partial charge is 0.494 e.